The predicted octanol–water partition coefficient (Wildman–Crippen LogP) is 3.49. The highest BCUT2D eigenvalue weighted by molar-refractivity contribution is 5.17. The van der Waals surface area contributed by atoms with E-state index in [-0.39, 0.29) is 6.04 Å². The van der Waals surface area contributed by atoms with Crippen LogP contribution in [0, 0.1) is 0 Å². The number of benzene rings is 2. The van der Waals surface area contributed by atoms with Crippen LogP contribution in [0.25, 0.3) is 10.4 Å². The zero-order valence-corrected chi connectivity index (χ0v) is 13.9. The first-order chi connectivity index (χ1) is 11.7. The Morgan fingerprint density at radius 1 is 1.04 bits per heavy atom. The number of aryl methyl sites for hydroxylation is 1. The SMILES string of the molecule is CN[C@H](Cc1ccccc1)[C@H](O)C(CCc1ccccc1)N=[N+]=[N-]. The monoisotopic (exact) mass is 324 g/mol. The van der Waals surface area contributed by atoms with Gasteiger partial charge in [-0.3, -0.25) is 0 Å². The molecule has 3 atom stereocenters. The second kappa shape index (κ2) is 9.73. The standard InChI is InChI=1S/C19H24N4O/c1-21-18(14-16-10-6-3-7-11-16)19(24)17(22-23-20)13-12-15-8-4-2-5-9-15/h2-11,17-19,21,24H,12-14H2,1H3/t17?,18-,19-/m1/s1. The van der Waals surface area contributed by atoms with Gasteiger partial charge in [-0.2, -0.15) is 0 Å². The van der Waals surface area contributed by atoms with Gasteiger partial charge in [0, 0.05) is 11.0 Å². The quantitative estimate of drug-likeness (QED) is 0.420. The van der Waals surface area contributed by atoms with Crippen molar-refractivity contribution in [2.75, 3.05) is 7.05 Å². The minimum absolute atomic E-state index is 0.168. The van der Waals surface area contributed by atoms with E-state index >= 15 is 0 Å². The summed E-state index contributed by atoms with van der Waals surface area (Å²) in [5.74, 6) is 0. The number of hydrogen-bond acceptors (Lipinski definition) is 3. The molecule has 0 aliphatic heterocycles. The van der Waals surface area contributed by atoms with Crippen molar-refractivity contribution in [3.8, 4) is 0 Å². The smallest absolute Gasteiger partial charge is 0.0780 e. The van der Waals surface area contributed by atoms with E-state index in [0.717, 1.165) is 12.0 Å². The third kappa shape index (κ3) is 5.39. The lowest BCUT2D eigenvalue weighted by molar-refractivity contribution is 0.101. The van der Waals surface area contributed by atoms with Crippen molar-refractivity contribution in [2.45, 2.75) is 37.5 Å². The Hall–Kier alpha value is -2.33. The minimum Gasteiger partial charge on any atom is -0.391 e. The van der Waals surface area contributed by atoms with Crippen molar-refractivity contribution in [2.24, 2.45) is 5.11 Å². The highest BCUT2D eigenvalue weighted by Gasteiger charge is 2.26. The zero-order chi connectivity index (χ0) is 17.2. The van der Waals surface area contributed by atoms with Crippen LogP contribution in [0.3, 0.4) is 0 Å². The van der Waals surface area contributed by atoms with Gasteiger partial charge in [0.2, 0.25) is 0 Å². The number of nitrogens with one attached hydrogen (secondary N) is 1. The third-order valence-electron chi connectivity index (χ3n) is 4.25. The molecule has 0 spiro atoms. The molecule has 0 amide bonds. The molecule has 0 saturated carbocycles. The second-order valence-corrected chi connectivity index (χ2v) is 5.87. The number of aliphatic hydroxyl groups is 1. The molecule has 2 rings (SSSR count). The number of hydrogen-bond donors (Lipinski definition) is 2. The van der Waals surface area contributed by atoms with Crippen LogP contribution in [-0.4, -0.2) is 30.3 Å². The molecule has 0 fully saturated rings. The molecule has 2 aromatic carbocycles. The van der Waals surface area contributed by atoms with Crippen molar-refractivity contribution in [1.29, 1.82) is 0 Å². The summed E-state index contributed by atoms with van der Waals surface area (Å²) in [7, 11) is 1.82. The van der Waals surface area contributed by atoms with E-state index in [0.29, 0.717) is 12.8 Å². The molecule has 5 heteroatoms. The number of rotatable bonds is 9. The Balaban J connectivity index is 2.02. The van der Waals surface area contributed by atoms with E-state index in [1.165, 1.54) is 5.56 Å². The largest absolute Gasteiger partial charge is 0.391 e. The molecule has 0 radical (unpaired) electrons. The Kier molecular flexibility index (Phi) is 7.30. The van der Waals surface area contributed by atoms with Crippen molar-refractivity contribution >= 4 is 0 Å². The maximum Gasteiger partial charge on any atom is 0.0780 e. The fourth-order valence-corrected chi connectivity index (χ4v) is 2.85. The van der Waals surface area contributed by atoms with E-state index < -0.39 is 12.1 Å². The fourth-order valence-electron chi connectivity index (χ4n) is 2.85. The molecule has 5 nitrogen and oxygen atoms in total. The van der Waals surface area contributed by atoms with Crippen LogP contribution < -0.4 is 5.32 Å². The summed E-state index contributed by atoms with van der Waals surface area (Å²) in [5.41, 5.74) is 11.2. The molecule has 0 aromatic heterocycles. The van der Waals surface area contributed by atoms with Gasteiger partial charge in [-0.1, -0.05) is 65.8 Å². The van der Waals surface area contributed by atoms with E-state index in [4.69, 9.17) is 5.53 Å². The molecule has 0 aliphatic rings. The summed E-state index contributed by atoms with van der Waals surface area (Å²) in [6, 6.07) is 19.4. The van der Waals surface area contributed by atoms with Gasteiger partial charge in [-0.05, 0) is 43.0 Å². The van der Waals surface area contributed by atoms with Crippen LogP contribution >= 0.6 is 0 Å². The van der Waals surface area contributed by atoms with Gasteiger partial charge in [-0.25, -0.2) is 0 Å². The van der Waals surface area contributed by atoms with E-state index in [2.05, 4.69) is 15.3 Å². The zero-order valence-electron chi connectivity index (χ0n) is 13.9. The Labute approximate surface area is 143 Å². The summed E-state index contributed by atoms with van der Waals surface area (Å²) in [6.45, 7) is 0. The molecule has 2 aromatic rings. The van der Waals surface area contributed by atoms with Crippen LogP contribution in [0.1, 0.15) is 17.5 Å². The van der Waals surface area contributed by atoms with Gasteiger partial charge < -0.3 is 10.4 Å². The van der Waals surface area contributed by atoms with Crippen LogP contribution in [0.2, 0.25) is 0 Å². The molecular formula is C19H24N4O. The van der Waals surface area contributed by atoms with Crippen molar-refractivity contribution < 1.29 is 5.11 Å². The molecule has 0 bridgehead atoms. The van der Waals surface area contributed by atoms with Gasteiger partial charge in [0.1, 0.15) is 0 Å². The number of azide groups is 1. The lowest BCUT2D eigenvalue weighted by Gasteiger charge is -2.27. The molecule has 126 valence electrons. The minimum atomic E-state index is -0.741. The third-order valence-corrected chi connectivity index (χ3v) is 4.25. The predicted molar refractivity (Wildman–Crippen MR) is 96.7 cm³/mol. The van der Waals surface area contributed by atoms with Crippen molar-refractivity contribution in [3.63, 3.8) is 0 Å². The maximum absolute atomic E-state index is 10.7. The van der Waals surface area contributed by atoms with E-state index in [9.17, 15) is 5.11 Å². The van der Waals surface area contributed by atoms with Gasteiger partial charge in [0.05, 0.1) is 12.1 Å². The molecule has 0 saturated heterocycles. The Bertz CT molecular complexity index is 641. The summed E-state index contributed by atoms with van der Waals surface area (Å²) in [6.07, 6.45) is 1.32. The average molecular weight is 324 g/mol. The first-order valence-corrected chi connectivity index (χ1v) is 8.22. The molecule has 0 heterocycles. The lowest BCUT2D eigenvalue weighted by atomic mass is 9.93. The topological polar surface area (TPSA) is 81.0 Å². The summed E-state index contributed by atoms with van der Waals surface area (Å²) >= 11 is 0. The highest BCUT2D eigenvalue weighted by atomic mass is 16.3. The van der Waals surface area contributed by atoms with Gasteiger partial charge in [0.25, 0.3) is 0 Å². The van der Waals surface area contributed by atoms with E-state index in [1.54, 1.807) is 0 Å². The molecular weight excluding hydrogens is 300 g/mol. The van der Waals surface area contributed by atoms with Crippen LogP contribution in [-0.2, 0) is 12.8 Å². The molecule has 2 N–H and O–H groups in total. The first kappa shape index (κ1) is 18.0. The van der Waals surface area contributed by atoms with Gasteiger partial charge in [-0.15, -0.1) is 0 Å². The summed E-state index contributed by atoms with van der Waals surface area (Å²) in [4.78, 5) is 2.93. The first-order valence-electron chi connectivity index (χ1n) is 8.22. The van der Waals surface area contributed by atoms with Gasteiger partial charge >= 0.3 is 0 Å². The highest BCUT2D eigenvalue weighted by Crippen LogP contribution is 2.16. The number of likely N-dealkylation sites (N-methyl/N-ethyl adjacent to an activating group) is 1. The van der Waals surface area contributed by atoms with Crippen LogP contribution in [0.4, 0.5) is 0 Å². The molecule has 0 aliphatic carbocycles. The maximum atomic E-state index is 10.7. The fraction of sp³-hybridized carbons (Fsp3) is 0.368. The van der Waals surface area contributed by atoms with Crippen molar-refractivity contribution in [1.82, 2.24) is 5.32 Å². The summed E-state index contributed by atoms with van der Waals surface area (Å²) < 4.78 is 0. The number of nitrogens with zero attached hydrogens (tertiary/aromatic N) is 3. The average Bonchev–Trinajstić information content (AvgIpc) is 2.64. The Morgan fingerprint density at radius 2 is 1.62 bits per heavy atom. The van der Waals surface area contributed by atoms with Crippen LogP contribution in [0.15, 0.2) is 65.8 Å². The summed E-state index contributed by atoms with van der Waals surface area (Å²) in [5, 5.41) is 17.7. The normalized spacial score (nSPS) is 14.4. The number of aliphatic hydroxyl groups excluding tert-OH is 1. The Morgan fingerprint density at radius 3 is 2.17 bits per heavy atom. The van der Waals surface area contributed by atoms with Gasteiger partial charge in [0.15, 0.2) is 0 Å². The van der Waals surface area contributed by atoms with Crippen LogP contribution in [0.5, 0.6) is 0 Å². The lowest BCUT2D eigenvalue weighted by Crippen LogP contribution is -2.45. The van der Waals surface area contributed by atoms with E-state index in [1.807, 2.05) is 67.7 Å². The molecule has 1 unspecified atom stereocenters. The van der Waals surface area contributed by atoms with Crippen molar-refractivity contribution in [3.05, 3.63) is 82.2 Å². The molecule has 24 heavy (non-hydrogen) atoms. The second-order valence-electron chi connectivity index (χ2n) is 5.87.